The van der Waals surface area contributed by atoms with Crippen molar-refractivity contribution in [3.8, 4) is 0 Å². The Labute approximate surface area is 73.7 Å². The van der Waals surface area contributed by atoms with Crippen LogP contribution in [0.15, 0.2) is 0 Å². The molecule has 0 bridgehead atoms. The predicted molar refractivity (Wildman–Crippen MR) is 52.3 cm³/mol. The van der Waals surface area contributed by atoms with Gasteiger partial charge in [-0.3, -0.25) is 0 Å². The average Bonchev–Trinajstić information content (AvgIpc) is 2.48. The van der Waals surface area contributed by atoms with Gasteiger partial charge in [-0.05, 0) is 26.3 Å². The van der Waals surface area contributed by atoms with Gasteiger partial charge in [0.05, 0.1) is 0 Å². The highest BCUT2D eigenvalue weighted by Gasteiger charge is 2.19. The van der Waals surface area contributed by atoms with Crippen LogP contribution in [-0.4, -0.2) is 49.6 Å². The molecule has 1 aliphatic heterocycles. The second-order valence-electron chi connectivity index (χ2n) is 3.07. The van der Waals surface area contributed by atoms with Crippen molar-refractivity contribution in [1.82, 2.24) is 10.2 Å². The van der Waals surface area contributed by atoms with Gasteiger partial charge in [-0.25, -0.2) is 0 Å². The summed E-state index contributed by atoms with van der Waals surface area (Å²) in [6, 6.07) is 0.747. The summed E-state index contributed by atoms with van der Waals surface area (Å²) in [7, 11) is 2.06. The van der Waals surface area contributed by atoms with Crippen LogP contribution in [0.25, 0.3) is 0 Å². The molecule has 1 saturated heterocycles. The van der Waals surface area contributed by atoms with Crippen molar-refractivity contribution in [2.75, 3.05) is 38.7 Å². The molecule has 66 valence electrons. The van der Waals surface area contributed by atoms with Crippen LogP contribution in [0, 0.1) is 0 Å². The highest BCUT2D eigenvalue weighted by atomic mass is 32.2. The van der Waals surface area contributed by atoms with Gasteiger partial charge in [0.1, 0.15) is 0 Å². The van der Waals surface area contributed by atoms with E-state index >= 15 is 0 Å². The Kier molecular flexibility index (Phi) is 4.26. The SMILES string of the molecule is CNC1CCN(CCSC)C1. The number of likely N-dealkylation sites (N-methyl/N-ethyl adjacent to an activating group) is 1. The molecule has 0 aromatic rings. The molecule has 0 radical (unpaired) electrons. The Morgan fingerprint density at radius 1 is 1.64 bits per heavy atom. The molecule has 0 aromatic heterocycles. The van der Waals surface area contributed by atoms with Crippen molar-refractivity contribution >= 4 is 11.8 Å². The Hall–Kier alpha value is 0.270. The number of nitrogens with one attached hydrogen (secondary N) is 1. The number of hydrogen-bond donors (Lipinski definition) is 1. The first-order valence-electron chi connectivity index (χ1n) is 4.25. The van der Waals surface area contributed by atoms with Crippen LogP contribution in [0.5, 0.6) is 0 Å². The van der Waals surface area contributed by atoms with Crippen LogP contribution in [0.3, 0.4) is 0 Å². The summed E-state index contributed by atoms with van der Waals surface area (Å²) >= 11 is 1.94. The monoisotopic (exact) mass is 174 g/mol. The Morgan fingerprint density at radius 2 is 2.45 bits per heavy atom. The molecule has 3 heteroatoms. The minimum atomic E-state index is 0.747. The van der Waals surface area contributed by atoms with Crippen molar-refractivity contribution < 1.29 is 0 Å². The third-order valence-electron chi connectivity index (χ3n) is 2.29. The van der Waals surface area contributed by atoms with E-state index in [1.54, 1.807) is 0 Å². The molecule has 11 heavy (non-hydrogen) atoms. The third kappa shape index (κ3) is 3.01. The van der Waals surface area contributed by atoms with Gasteiger partial charge in [-0.2, -0.15) is 11.8 Å². The highest BCUT2D eigenvalue weighted by molar-refractivity contribution is 7.98. The van der Waals surface area contributed by atoms with Crippen molar-refractivity contribution in [3.63, 3.8) is 0 Å². The molecular formula is C8H18N2S. The molecule has 1 aliphatic rings. The quantitative estimate of drug-likeness (QED) is 0.673. The zero-order valence-electron chi connectivity index (χ0n) is 7.47. The number of nitrogens with zero attached hydrogens (tertiary/aromatic N) is 1. The maximum absolute atomic E-state index is 3.32. The topological polar surface area (TPSA) is 15.3 Å². The van der Waals surface area contributed by atoms with Crippen LogP contribution >= 0.6 is 11.8 Å². The Morgan fingerprint density at radius 3 is 3.00 bits per heavy atom. The van der Waals surface area contributed by atoms with Crippen LogP contribution in [0.2, 0.25) is 0 Å². The maximum atomic E-state index is 3.32. The normalized spacial score (nSPS) is 26.2. The second kappa shape index (κ2) is 5.01. The number of rotatable bonds is 4. The first kappa shape index (κ1) is 9.36. The van der Waals surface area contributed by atoms with Crippen molar-refractivity contribution in [1.29, 1.82) is 0 Å². The summed E-state index contributed by atoms with van der Waals surface area (Å²) in [6.07, 6.45) is 3.50. The molecule has 0 aromatic carbocycles. The van der Waals surface area contributed by atoms with Crippen LogP contribution in [-0.2, 0) is 0 Å². The average molecular weight is 174 g/mol. The van der Waals surface area contributed by atoms with Gasteiger partial charge >= 0.3 is 0 Å². The molecule has 0 aliphatic carbocycles. The first-order chi connectivity index (χ1) is 5.36. The number of likely N-dealkylation sites (tertiary alicyclic amines) is 1. The van der Waals surface area contributed by atoms with Crippen LogP contribution in [0.4, 0.5) is 0 Å². The summed E-state index contributed by atoms with van der Waals surface area (Å²) in [6.45, 7) is 3.79. The lowest BCUT2D eigenvalue weighted by Crippen LogP contribution is -2.30. The maximum Gasteiger partial charge on any atom is 0.0204 e. The standard InChI is InChI=1S/C8H18N2S/c1-9-8-3-4-10(7-8)5-6-11-2/h8-9H,3-7H2,1-2H3. The van der Waals surface area contributed by atoms with Crippen molar-refractivity contribution in [3.05, 3.63) is 0 Å². The van der Waals surface area contributed by atoms with Crippen molar-refractivity contribution in [2.45, 2.75) is 12.5 Å². The largest absolute Gasteiger partial charge is 0.316 e. The van der Waals surface area contributed by atoms with Gasteiger partial charge < -0.3 is 10.2 Å². The number of thioether (sulfide) groups is 1. The Bertz CT molecular complexity index is 108. The van der Waals surface area contributed by atoms with Gasteiger partial charge in [0.15, 0.2) is 0 Å². The van der Waals surface area contributed by atoms with Crippen molar-refractivity contribution in [2.24, 2.45) is 0 Å². The van der Waals surface area contributed by atoms with E-state index in [2.05, 4.69) is 23.5 Å². The molecule has 1 rings (SSSR count). The van der Waals surface area contributed by atoms with E-state index in [0.29, 0.717) is 0 Å². The van der Waals surface area contributed by atoms with Gasteiger partial charge in [0.2, 0.25) is 0 Å². The third-order valence-corrected chi connectivity index (χ3v) is 2.88. The Balaban J connectivity index is 2.09. The minimum Gasteiger partial charge on any atom is -0.316 e. The molecule has 1 heterocycles. The lowest BCUT2D eigenvalue weighted by molar-refractivity contribution is 0.351. The van der Waals surface area contributed by atoms with Gasteiger partial charge in [-0.15, -0.1) is 0 Å². The molecule has 2 nitrogen and oxygen atoms in total. The molecule has 0 spiro atoms. The fraction of sp³-hybridized carbons (Fsp3) is 1.00. The molecule has 1 N–H and O–H groups in total. The van der Waals surface area contributed by atoms with E-state index in [0.717, 1.165) is 6.04 Å². The minimum absolute atomic E-state index is 0.747. The second-order valence-corrected chi connectivity index (χ2v) is 4.05. The summed E-state index contributed by atoms with van der Waals surface area (Å²) in [5, 5.41) is 3.32. The molecule has 0 saturated carbocycles. The van der Waals surface area contributed by atoms with E-state index in [9.17, 15) is 0 Å². The number of hydrogen-bond acceptors (Lipinski definition) is 3. The fourth-order valence-electron chi connectivity index (χ4n) is 1.49. The summed E-state index contributed by atoms with van der Waals surface area (Å²) < 4.78 is 0. The first-order valence-corrected chi connectivity index (χ1v) is 5.64. The van der Waals surface area contributed by atoms with E-state index < -0.39 is 0 Å². The summed E-state index contributed by atoms with van der Waals surface area (Å²) in [5.41, 5.74) is 0. The molecule has 0 amide bonds. The molecule has 1 atom stereocenters. The zero-order valence-corrected chi connectivity index (χ0v) is 8.28. The van der Waals surface area contributed by atoms with E-state index in [1.165, 1.54) is 31.8 Å². The van der Waals surface area contributed by atoms with E-state index in [-0.39, 0.29) is 0 Å². The van der Waals surface area contributed by atoms with E-state index in [4.69, 9.17) is 0 Å². The van der Waals surface area contributed by atoms with Crippen LogP contribution < -0.4 is 5.32 Å². The predicted octanol–water partition coefficient (Wildman–Crippen LogP) is 0.643. The molecule has 1 unspecified atom stereocenters. The summed E-state index contributed by atoms with van der Waals surface area (Å²) in [5.74, 6) is 1.27. The van der Waals surface area contributed by atoms with Gasteiger partial charge in [0, 0.05) is 24.9 Å². The lowest BCUT2D eigenvalue weighted by atomic mass is 10.3. The molecular weight excluding hydrogens is 156 g/mol. The highest BCUT2D eigenvalue weighted by Crippen LogP contribution is 2.08. The molecule has 1 fully saturated rings. The van der Waals surface area contributed by atoms with Gasteiger partial charge in [-0.1, -0.05) is 0 Å². The smallest absolute Gasteiger partial charge is 0.0204 e. The van der Waals surface area contributed by atoms with E-state index in [1.807, 2.05) is 11.8 Å². The fourth-order valence-corrected chi connectivity index (χ4v) is 1.93. The van der Waals surface area contributed by atoms with Gasteiger partial charge in [0.25, 0.3) is 0 Å². The summed E-state index contributed by atoms with van der Waals surface area (Å²) in [4.78, 5) is 2.54. The van der Waals surface area contributed by atoms with Crippen LogP contribution in [0.1, 0.15) is 6.42 Å². The lowest BCUT2D eigenvalue weighted by Gasteiger charge is -2.14. The zero-order chi connectivity index (χ0) is 8.10.